The van der Waals surface area contributed by atoms with Gasteiger partial charge in [0.05, 0.1) is 5.69 Å². The number of fused-ring (bicyclic) bond motifs is 1. The molecule has 0 aliphatic carbocycles. The predicted octanol–water partition coefficient (Wildman–Crippen LogP) is 3.75. The van der Waals surface area contributed by atoms with Gasteiger partial charge in [-0.3, -0.25) is 9.36 Å². The SMILES string of the molecule is N#Cc1c2n(c(=S)n(-c3ccccc3)c1=O)CCCCCCC2. The number of benzene rings is 1. The summed E-state index contributed by atoms with van der Waals surface area (Å²) in [5.74, 6) is 0. The van der Waals surface area contributed by atoms with Crippen LogP contribution in [0.3, 0.4) is 0 Å². The molecular weight excluding hydrogens is 306 g/mol. The normalized spacial score (nSPS) is 14.9. The van der Waals surface area contributed by atoms with Gasteiger partial charge in [0.25, 0.3) is 5.56 Å². The monoisotopic (exact) mass is 325 g/mol. The van der Waals surface area contributed by atoms with Crippen LogP contribution in [0.15, 0.2) is 35.1 Å². The first-order valence-electron chi connectivity index (χ1n) is 8.08. The van der Waals surface area contributed by atoms with Crippen molar-refractivity contribution in [2.75, 3.05) is 0 Å². The third kappa shape index (κ3) is 2.99. The lowest BCUT2D eigenvalue weighted by Crippen LogP contribution is -2.29. The van der Waals surface area contributed by atoms with Crippen molar-refractivity contribution >= 4 is 12.2 Å². The average molecular weight is 325 g/mol. The van der Waals surface area contributed by atoms with E-state index in [4.69, 9.17) is 12.2 Å². The molecule has 4 nitrogen and oxygen atoms in total. The van der Waals surface area contributed by atoms with E-state index in [9.17, 15) is 10.1 Å². The summed E-state index contributed by atoms with van der Waals surface area (Å²) in [5.41, 5.74) is 1.48. The second-order valence-electron chi connectivity index (χ2n) is 5.86. The van der Waals surface area contributed by atoms with Crippen molar-refractivity contribution in [1.29, 1.82) is 5.26 Å². The van der Waals surface area contributed by atoms with Crippen LogP contribution in [-0.4, -0.2) is 9.13 Å². The van der Waals surface area contributed by atoms with Gasteiger partial charge < -0.3 is 4.57 Å². The maximum Gasteiger partial charge on any atom is 0.277 e. The molecule has 1 aliphatic rings. The van der Waals surface area contributed by atoms with Crippen LogP contribution >= 0.6 is 12.2 Å². The number of para-hydroxylation sites is 1. The van der Waals surface area contributed by atoms with Gasteiger partial charge in [0.15, 0.2) is 4.77 Å². The molecule has 0 radical (unpaired) electrons. The number of hydrogen-bond acceptors (Lipinski definition) is 3. The van der Waals surface area contributed by atoms with Crippen LogP contribution in [0.4, 0.5) is 0 Å². The quantitative estimate of drug-likeness (QED) is 0.750. The molecule has 0 fully saturated rings. The zero-order chi connectivity index (χ0) is 16.2. The van der Waals surface area contributed by atoms with Crippen molar-refractivity contribution in [1.82, 2.24) is 9.13 Å². The topological polar surface area (TPSA) is 50.7 Å². The van der Waals surface area contributed by atoms with Crippen molar-refractivity contribution in [2.45, 2.75) is 45.1 Å². The van der Waals surface area contributed by atoms with Crippen LogP contribution < -0.4 is 5.56 Å². The van der Waals surface area contributed by atoms with E-state index in [1.807, 2.05) is 34.9 Å². The summed E-state index contributed by atoms with van der Waals surface area (Å²) in [6, 6.07) is 11.5. The first-order valence-corrected chi connectivity index (χ1v) is 8.49. The van der Waals surface area contributed by atoms with E-state index in [2.05, 4.69) is 6.07 Å². The smallest absolute Gasteiger partial charge is 0.277 e. The first-order chi connectivity index (χ1) is 11.2. The van der Waals surface area contributed by atoms with Crippen LogP contribution in [0.2, 0.25) is 0 Å². The van der Waals surface area contributed by atoms with Crippen molar-refractivity contribution in [2.24, 2.45) is 0 Å². The summed E-state index contributed by atoms with van der Waals surface area (Å²) in [5, 5.41) is 9.56. The Labute approximate surface area is 140 Å². The van der Waals surface area contributed by atoms with Crippen LogP contribution in [0, 0.1) is 16.1 Å². The molecule has 0 saturated heterocycles. The van der Waals surface area contributed by atoms with E-state index in [0.717, 1.165) is 44.3 Å². The van der Waals surface area contributed by atoms with Gasteiger partial charge in [-0.25, -0.2) is 0 Å². The minimum absolute atomic E-state index is 0.240. The zero-order valence-electron chi connectivity index (χ0n) is 13.0. The Morgan fingerprint density at radius 3 is 2.48 bits per heavy atom. The lowest BCUT2D eigenvalue weighted by Gasteiger charge is -2.18. The van der Waals surface area contributed by atoms with Gasteiger partial charge in [0.1, 0.15) is 11.6 Å². The predicted molar refractivity (Wildman–Crippen MR) is 92.4 cm³/mol. The largest absolute Gasteiger partial charge is 0.320 e. The Kier molecular flexibility index (Phi) is 4.73. The van der Waals surface area contributed by atoms with Crippen molar-refractivity contribution < 1.29 is 0 Å². The molecule has 0 N–H and O–H groups in total. The highest BCUT2D eigenvalue weighted by Crippen LogP contribution is 2.18. The van der Waals surface area contributed by atoms with Gasteiger partial charge in [-0.1, -0.05) is 37.5 Å². The third-order valence-corrected chi connectivity index (χ3v) is 4.78. The molecular formula is C18H19N3OS. The molecule has 2 aromatic rings. The molecule has 0 spiro atoms. The van der Waals surface area contributed by atoms with Crippen LogP contribution in [0.1, 0.15) is 43.4 Å². The Hall–Kier alpha value is -2.19. The third-order valence-electron chi connectivity index (χ3n) is 4.38. The van der Waals surface area contributed by atoms with Crippen LogP contribution in [0.5, 0.6) is 0 Å². The highest BCUT2D eigenvalue weighted by molar-refractivity contribution is 7.71. The maximum atomic E-state index is 12.8. The fourth-order valence-electron chi connectivity index (χ4n) is 3.19. The Morgan fingerprint density at radius 1 is 1.04 bits per heavy atom. The molecule has 0 amide bonds. The second kappa shape index (κ2) is 6.93. The summed E-state index contributed by atoms with van der Waals surface area (Å²) in [4.78, 5) is 12.8. The molecule has 2 heterocycles. The summed E-state index contributed by atoms with van der Waals surface area (Å²) in [7, 11) is 0. The Morgan fingerprint density at radius 2 is 1.74 bits per heavy atom. The highest BCUT2D eigenvalue weighted by Gasteiger charge is 2.18. The Balaban J connectivity index is 2.30. The number of rotatable bonds is 1. The van der Waals surface area contributed by atoms with E-state index < -0.39 is 0 Å². The molecule has 0 saturated carbocycles. The van der Waals surface area contributed by atoms with Gasteiger partial charge in [-0.2, -0.15) is 5.26 Å². The van der Waals surface area contributed by atoms with E-state index >= 15 is 0 Å². The lowest BCUT2D eigenvalue weighted by atomic mass is 10.1. The number of nitrogens with zero attached hydrogens (tertiary/aromatic N) is 3. The van der Waals surface area contributed by atoms with Crippen molar-refractivity contribution in [3.8, 4) is 11.8 Å². The molecule has 5 heteroatoms. The number of nitriles is 1. The van der Waals surface area contributed by atoms with Gasteiger partial charge in [-0.15, -0.1) is 0 Å². The summed E-state index contributed by atoms with van der Waals surface area (Å²) in [6.45, 7) is 0.774. The molecule has 0 bridgehead atoms. The maximum absolute atomic E-state index is 12.8. The molecule has 3 rings (SSSR count). The van der Waals surface area contributed by atoms with E-state index in [1.165, 1.54) is 11.0 Å². The van der Waals surface area contributed by atoms with Gasteiger partial charge in [-0.05, 0) is 43.6 Å². The summed E-state index contributed by atoms with van der Waals surface area (Å²) in [6.07, 6.45) is 6.27. The fourth-order valence-corrected chi connectivity index (χ4v) is 3.58. The average Bonchev–Trinajstić information content (AvgIpc) is 2.69. The van der Waals surface area contributed by atoms with Crippen LogP contribution in [-0.2, 0) is 13.0 Å². The molecule has 118 valence electrons. The molecule has 1 aromatic heterocycles. The minimum Gasteiger partial charge on any atom is -0.320 e. The first kappa shape index (κ1) is 15.7. The molecule has 1 aliphatic heterocycles. The fraction of sp³-hybridized carbons (Fsp3) is 0.389. The van der Waals surface area contributed by atoms with Crippen LogP contribution in [0.25, 0.3) is 5.69 Å². The van der Waals surface area contributed by atoms with E-state index in [-0.39, 0.29) is 11.1 Å². The molecule has 1 aromatic carbocycles. The number of aromatic nitrogens is 2. The minimum atomic E-state index is -0.297. The standard InChI is InChI=1S/C18H19N3OS/c19-13-15-16-11-7-2-1-3-8-12-20(16)18(23)21(17(15)22)14-9-5-4-6-10-14/h4-6,9-10H,1-3,7-8,11-12H2. The number of hydrogen-bond donors (Lipinski definition) is 0. The van der Waals surface area contributed by atoms with Gasteiger partial charge in [0.2, 0.25) is 0 Å². The van der Waals surface area contributed by atoms with E-state index in [1.54, 1.807) is 0 Å². The highest BCUT2D eigenvalue weighted by atomic mass is 32.1. The zero-order valence-corrected chi connectivity index (χ0v) is 13.8. The van der Waals surface area contributed by atoms with Gasteiger partial charge >= 0.3 is 0 Å². The summed E-state index contributed by atoms with van der Waals surface area (Å²) >= 11 is 5.62. The van der Waals surface area contributed by atoms with Crippen molar-refractivity contribution in [3.05, 3.63) is 56.7 Å². The molecule has 0 atom stereocenters. The Bertz CT molecular complexity index is 859. The summed E-state index contributed by atoms with van der Waals surface area (Å²) < 4.78 is 4.00. The molecule has 23 heavy (non-hydrogen) atoms. The lowest BCUT2D eigenvalue weighted by molar-refractivity contribution is 0.561. The van der Waals surface area contributed by atoms with Gasteiger partial charge in [0, 0.05) is 12.2 Å². The van der Waals surface area contributed by atoms with E-state index in [0.29, 0.717) is 10.5 Å². The molecule has 0 unspecified atom stereocenters. The van der Waals surface area contributed by atoms with Crippen molar-refractivity contribution in [3.63, 3.8) is 0 Å². The second-order valence-corrected chi connectivity index (χ2v) is 6.23.